The number of fused-ring (bicyclic) bond motifs is 1. The molecule has 2 aliphatic carbocycles. The number of carbonyl (C=O) groups excluding carboxylic acids is 2. The van der Waals surface area contributed by atoms with Gasteiger partial charge >= 0.3 is 0 Å². The van der Waals surface area contributed by atoms with Gasteiger partial charge in [-0.2, -0.15) is 0 Å². The van der Waals surface area contributed by atoms with Crippen molar-refractivity contribution in [1.29, 1.82) is 0 Å². The minimum Gasteiger partial charge on any atom is -0.494 e. The lowest BCUT2D eigenvalue weighted by atomic mass is 9.85. The van der Waals surface area contributed by atoms with E-state index in [4.69, 9.17) is 4.74 Å². The second kappa shape index (κ2) is 9.11. The van der Waals surface area contributed by atoms with Crippen LogP contribution in [0.25, 0.3) is 10.2 Å². The zero-order valence-corrected chi connectivity index (χ0v) is 17.7. The van der Waals surface area contributed by atoms with Gasteiger partial charge in [0.15, 0.2) is 5.13 Å². The van der Waals surface area contributed by atoms with Crippen LogP contribution in [-0.2, 0) is 9.59 Å². The number of ether oxygens (including phenoxy) is 1. The van der Waals surface area contributed by atoms with Crippen LogP contribution in [-0.4, -0.2) is 29.4 Å². The van der Waals surface area contributed by atoms with E-state index >= 15 is 0 Å². The third-order valence-electron chi connectivity index (χ3n) is 6.07. The number of nitrogens with zero attached hydrogens (tertiary/aromatic N) is 1. The lowest BCUT2D eigenvalue weighted by Crippen LogP contribution is -2.41. The highest BCUT2D eigenvalue weighted by Crippen LogP contribution is 2.31. The van der Waals surface area contributed by atoms with Crippen LogP contribution in [0.2, 0.25) is 0 Å². The van der Waals surface area contributed by atoms with Crippen molar-refractivity contribution in [2.45, 2.75) is 64.3 Å². The smallest absolute Gasteiger partial charge is 0.229 e. The Morgan fingerprint density at radius 3 is 2.52 bits per heavy atom. The van der Waals surface area contributed by atoms with Crippen molar-refractivity contribution in [3.63, 3.8) is 0 Å². The van der Waals surface area contributed by atoms with E-state index in [-0.39, 0.29) is 29.7 Å². The van der Waals surface area contributed by atoms with Crippen LogP contribution in [0.4, 0.5) is 5.13 Å². The van der Waals surface area contributed by atoms with Crippen molar-refractivity contribution in [2.75, 3.05) is 11.9 Å². The van der Waals surface area contributed by atoms with E-state index in [1.54, 1.807) is 0 Å². The lowest BCUT2D eigenvalue weighted by Gasteiger charge is -2.29. The Bertz CT molecular complexity index is 867. The third-order valence-corrected chi connectivity index (χ3v) is 7.00. The molecule has 6 nitrogen and oxygen atoms in total. The Morgan fingerprint density at radius 1 is 1.07 bits per heavy atom. The van der Waals surface area contributed by atoms with Crippen molar-refractivity contribution < 1.29 is 14.3 Å². The van der Waals surface area contributed by atoms with E-state index in [1.165, 1.54) is 24.2 Å². The molecule has 2 amide bonds. The van der Waals surface area contributed by atoms with E-state index in [0.29, 0.717) is 11.7 Å². The van der Waals surface area contributed by atoms with Gasteiger partial charge in [0.25, 0.3) is 0 Å². The molecular formula is C22H29N3O3S. The molecule has 0 atom stereocenters. The van der Waals surface area contributed by atoms with Gasteiger partial charge in [-0.1, -0.05) is 24.2 Å². The second-order valence-corrected chi connectivity index (χ2v) is 9.14. The Balaban J connectivity index is 1.28. The fraction of sp³-hybridized carbons (Fsp3) is 0.591. The molecule has 0 unspecified atom stereocenters. The predicted octanol–water partition coefficient (Wildman–Crippen LogP) is 4.50. The molecular weight excluding hydrogens is 386 g/mol. The average Bonchev–Trinajstić information content (AvgIpc) is 3.38. The maximum Gasteiger partial charge on any atom is 0.229 e. The van der Waals surface area contributed by atoms with Crippen LogP contribution in [0.15, 0.2) is 18.2 Å². The summed E-state index contributed by atoms with van der Waals surface area (Å²) in [4.78, 5) is 29.5. The Kier molecular flexibility index (Phi) is 6.33. The predicted molar refractivity (Wildman–Crippen MR) is 115 cm³/mol. The van der Waals surface area contributed by atoms with Gasteiger partial charge in [-0.3, -0.25) is 9.59 Å². The molecule has 156 valence electrons. The Labute approximate surface area is 175 Å². The first-order valence-corrected chi connectivity index (χ1v) is 11.6. The fourth-order valence-electron chi connectivity index (χ4n) is 4.43. The first-order chi connectivity index (χ1) is 14.1. The van der Waals surface area contributed by atoms with Gasteiger partial charge in [0, 0.05) is 17.9 Å². The Morgan fingerprint density at radius 2 is 1.79 bits per heavy atom. The molecule has 29 heavy (non-hydrogen) atoms. The number of hydrogen-bond donors (Lipinski definition) is 2. The number of benzene rings is 1. The highest BCUT2D eigenvalue weighted by Gasteiger charge is 2.30. The van der Waals surface area contributed by atoms with E-state index in [1.807, 2.05) is 25.1 Å². The number of anilines is 1. The highest BCUT2D eigenvalue weighted by atomic mass is 32.1. The normalized spacial score (nSPS) is 22.5. The molecule has 2 aromatic rings. The number of aromatic nitrogens is 1. The third kappa shape index (κ3) is 4.89. The summed E-state index contributed by atoms with van der Waals surface area (Å²) < 4.78 is 6.54. The molecule has 2 fully saturated rings. The molecule has 0 bridgehead atoms. The van der Waals surface area contributed by atoms with E-state index < -0.39 is 0 Å². The van der Waals surface area contributed by atoms with Crippen LogP contribution in [0, 0.1) is 11.8 Å². The zero-order chi connectivity index (χ0) is 20.2. The minimum atomic E-state index is -0.0133. The van der Waals surface area contributed by atoms with Crippen LogP contribution >= 0.6 is 11.3 Å². The molecule has 2 N–H and O–H groups in total. The largest absolute Gasteiger partial charge is 0.494 e. The maximum absolute atomic E-state index is 12.7. The number of nitrogens with one attached hydrogen (secondary N) is 2. The maximum atomic E-state index is 12.7. The highest BCUT2D eigenvalue weighted by molar-refractivity contribution is 7.22. The standard InChI is InChI=1S/C22H29N3O3S/c1-2-28-17-11-12-18-19(13-17)29-22(24-18)25-21(27)15-7-9-16(10-8-15)23-20(26)14-5-3-4-6-14/h11-16H,2-10H2,1H3,(H,23,26)(H,24,25,27). The van der Waals surface area contributed by atoms with E-state index in [2.05, 4.69) is 15.6 Å². The molecule has 0 saturated heterocycles. The zero-order valence-electron chi connectivity index (χ0n) is 16.9. The van der Waals surface area contributed by atoms with Crippen molar-refractivity contribution in [1.82, 2.24) is 10.3 Å². The van der Waals surface area contributed by atoms with Gasteiger partial charge < -0.3 is 15.4 Å². The molecule has 1 aromatic carbocycles. The minimum absolute atomic E-state index is 0.0133. The topological polar surface area (TPSA) is 80.3 Å². The molecule has 4 rings (SSSR count). The summed E-state index contributed by atoms with van der Waals surface area (Å²) in [6, 6.07) is 6.00. The summed E-state index contributed by atoms with van der Waals surface area (Å²) in [5.74, 6) is 1.27. The van der Waals surface area contributed by atoms with E-state index in [0.717, 1.165) is 54.5 Å². The first-order valence-electron chi connectivity index (χ1n) is 10.8. The SMILES string of the molecule is CCOc1ccc2nc(NC(=O)C3CCC(NC(=O)C4CCCC4)CC3)sc2c1. The number of amides is 2. The molecule has 2 saturated carbocycles. The summed E-state index contributed by atoms with van der Waals surface area (Å²) in [7, 11) is 0. The van der Waals surface area contributed by atoms with Gasteiger partial charge in [0.05, 0.1) is 16.8 Å². The fourth-order valence-corrected chi connectivity index (χ4v) is 5.33. The second-order valence-electron chi connectivity index (χ2n) is 8.11. The molecule has 7 heteroatoms. The summed E-state index contributed by atoms with van der Waals surface area (Å²) >= 11 is 1.47. The van der Waals surface area contributed by atoms with Crippen molar-refractivity contribution in [3.8, 4) is 5.75 Å². The van der Waals surface area contributed by atoms with Crippen molar-refractivity contribution in [3.05, 3.63) is 18.2 Å². The van der Waals surface area contributed by atoms with Gasteiger partial charge in [-0.15, -0.1) is 0 Å². The van der Waals surface area contributed by atoms with Crippen LogP contribution in [0.3, 0.4) is 0 Å². The summed E-state index contributed by atoms with van der Waals surface area (Å²) in [6.07, 6.45) is 7.74. The van der Waals surface area contributed by atoms with Crippen molar-refractivity contribution in [2.24, 2.45) is 11.8 Å². The number of thiazole rings is 1. The molecule has 0 aliphatic heterocycles. The quantitative estimate of drug-likeness (QED) is 0.728. The van der Waals surface area contributed by atoms with Gasteiger partial charge in [-0.05, 0) is 63.6 Å². The molecule has 0 spiro atoms. The summed E-state index contributed by atoms with van der Waals surface area (Å²) in [5, 5.41) is 6.84. The molecule has 1 aromatic heterocycles. The van der Waals surface area contributed by atoms with Gasteiger partial charge in [0.2, 0.25) is 11.8 Å². The monoisotopic (exact) mass is 415 g/mol. The van der Waals surface area contributed by atoms with Crippen LogP contribution < -0.4 is 15.4 Å². The van der Waals surface area contributed by atoms with Crippen LogP contribution in [0.5, 0.6) is 5.75 Å². The summed E-state index contributed by atoms with van der Waals surface area (Å²) in [6.45, 7) is 2.58. The number of rotatable bonds is 6. The average molecular weight is 416 g/mol. The number of hydrogen-bond acceptors (Lipinski definition) is 5. The van der Waals surface area contributed by atoms with Gasteiger partial charge in [-0.25, -0.2) is 4.98 Å². The van der Waals surface area contributed by atoms with Crippen molar-refractivity contribution >= 4 is 38.5 Å². The Hall–Kier alpha value is -2.15. The molecule has 1 heterocycles. The van der Waals surface area contributed by atoms with E-state index in [9.17, 15) is 9.59 Å². The van der Waals surface area contributed by atoms with Gasteiger partial charge in [0.1, 0.15) is 5.75 Å². The van der Waals surface area contributed by atoms with Crippen LogP contribution in [0.1, 0.15) is 58.3 Å². The molecule has 2 aliphatic rings. The lowest BCUT2D eigenvalue weighted by molar-refractivity contribution is -0.125. The molecule has 0 radical (unpaired) electrons. The first kappa shape index (κ1) is 20.1. The number of carbonyl (C=O) groups is 2. The summed E-state index contributed by atoms with van der Waals surface area (Å²) in [5.41, 5.74) is 0.868.